The van der Waals surface area contributed by atoms with Gasteiger partial charge in [-0.15, -0.1) is 0 Å². The molecule has 1 aliphatic rings. The molecule has 1 unspecified atom stereocenters. The van der Waals surface area contributed by atoms with E-state index in [9.17, 15) is 5.11 Å². The topological polar surface area (TPSA) is 32.3 Å². The Balaban J connectivity index is 1.89. The summed E-state index contributed by atoms with van der Waals surface area (Å²) in [4.78, 5) is 0. The summed E-state index contributed by atoms with van der Waals surface area (Å²) in [5.74, 6) is 0.414. The fourth-order valence-electron chi connectivity index (χ4n) is 2.58. The summed E-state index contributed by atoms with van der Waals surface area (Å²) in [5.41, 5.74) is 3.35. The van der Waals surface area contributed by atoms with Crippen LogP contribution in [0.5, 0.6) is 5.75 Å². The van der Waals surface area contributed by atoms with E-state index in [-0.39, 0.29) is 6.04 Å². The molecule has 2 aromatic carbocycles. The molecule has 0 fully saturated rings. The Hall–Kier alpha value is -1.000. The summed E-state index contributed by atoms with van der Waals surface area (Å²) in [6.07, 6.45) is 1.93. The number of phenolic OH excluding ortho intramolecular Hbond substituents is 1. The molecule has 19 heavy (non-hydrogen) atoms. The maximum absolute atomic E-state index is 9.86. The van der Waals surface area contributed by atoms with Crippen LogP contribution in [0.15, 0.2) is 45.3 Å². The summed E-state index contributed by atoms with van der Waals surface area (Å²) in [7, 11) is 0. The summed E-state index contributed by atoms with van der Waals surface area (Å²) in [6, 6.07) is 12.1. The Labute approximate surface area is 129 Å². The van der Waals surface area contributed by atoms with Crippen molar-refractivity contribution in [3.63, 3.8) is 0 Å². The summed E-state index contributed by atoms with van der Waals surface area (Å²) in [6.45, 7) is 0. The van der Waals surface area contributed by atoms with Crippen LogP contribution < -0.4 is 5.32 Å². The quantitative estimate of drug-likeness (QED) is 0.764. The van der Waals surface area contributed by atoms with Crippen LogP contribution in [0, 0.1) is 0 Å². The van der Waals surface area contributed by atoms with Gasteiger partial charge in [0.25, 0.3) is 0 Å². The van der Waals surface area contributed by atoms with Gasteiger partial charge in [-0.3, -0.25) is 0 Å². The SMILES string of the molecule is Oc1cccc2c1CCC2Nc1ccc(Br)cc1Br. The van der Waals surface area contributed by atoms with Crippen LogP contribution in [0.2, 0.25) is 0 Å². The van der Waals surface area contributed by atoms with E-state index in [1.165, 1.54) is 5.56 Å². The molecule has 3 rings (SSSR count). The van der Waals surface area contributed by atoms with Crippen LogP contribution in [-0.4, -0.2) is 5.11 Å². The van der Waals surface area contributed by atoms with Gasteiger partial charge in [0.1, 0.15) is 5.75 Å². The number of anilines is 1. The first-order valence-electron chi connectivity index (χ1n) is 6.17. The third-order valence-electron chi connectivity index (χ3n) is 3.51. The molecule has 0 amide bonds. The van der Waals surface area contributed by atoms with Crippen molar-refractivity contribution in [1.82, 2.24) is 0 Å². The van der Waals surface area contributed by atoms with E-state index in [1.54, 1.807) is 6.07 Å². The number of fused-ring (bicyclic) bond motifs is 1. The van der Waals surface area contributed by atoms with Crippen LogP contribution in [0.1, 0.15) is 23.6 Å². The average molecular weight is 383 g/mol. The van der Waals surface area contributed by atoms with Crippen molar-refractivity contribution >= 4 is 37.5 Å². The Morgan fingerprint density at radius 1 is 1.16 bits per heavy atom. The van der Waals surface area contributed by atoms with E-state index in [1.807, 2.05) is 18.2 Å². The van der Waals surface area contributed by atoms with Gasteiger partial charge in [-0.1, -0.05) is 28.1 Å². The van der Waals surface area contributed by atoms with E-state index in [4.69, 9.17) is 0 Å². The summed E-state index contributed by atoms with van der Waals surface area (Å²) < 4.78 is 2.09. The lowest BCUT2D eigenvalue weighted by Gasteiger charge is -2.17. The van der Waals surface area contributed by atoms with Crippen LogP contribution in [-0.2, 0) is 6.42 Å². The number of aromatic hydroxyl groups is 1. The van der Waals surface area contributed by atoms with Crippen LogP contribution in [0.4, 0.5) is 5.69 Å². The van der Waals surface area contributed by atoms with Gasteiger partial charge in [0, 0.05) is 14.6 Å². The predicted octanol–water partition coefficient (Wildman–Crippen LogP) is 5.02. The largest absolute Gasteiger partial charge is 0.508 e. The molecule has 0 heterocycles. The van der Waals surface area contributed by atoms with Gasteiger partial charge in [0.15, 0.2) is 0 Å². The molecule has 2 nitrogen and oxygen atoms in total. The molecular weight excluding hydrogens is 370 g/mol. The normalized spacial score (nSPS) is 17.3. The zero-order valence-electron chi connectivity index (χ0n) is 10.2. The maximum atomic E-state index is 9.86. The highest BCUT2D eigenvalue weighted by molar-refractivity contribution is 9.11. The lowest BCUT2D eigenvalue weighted by atomic mass is 10.1. The van der Waals surface area contributed by atoms with Crippen molar-refractivity contribution in [1.29, 1.82) is 0 Å². The van der Waals surface area contributed by atoms with Crippen molar-refractivity contribution in [2.24, 2.45) is 0 Å². The van der Waals surface area contributed by atoms with E-state index in [0.29, 0.717) is 5.75 Å². The molecule has 4 heteroatoms. The minimum atomic E-state index is 0.263. The van der Waals surface area contributed by atoms with Crippen molar-refractivity contribution in [2.45, 2.75) is 18.9 Å². The molecule has 1 atom stereocenters. The standard InChI is InChI=1S/C15H13Br2NO/c16-9-4-6-14(12(17)8-9)18-13-7-5-11-10(13)2-1-3-15(11)19/h1-4,6,8,13,18-19H,5,7H2. The number of nitrogens with one attached hydrogen (secondary N) is 1. The molecule has 0 bridgehead atoms. The van der Waals surface area contributed by atoms with Crippen LogP contribution in [0.25, 0.3) is 0 Å². The number of halogens is 2. The van der Waals surface area contributed by atoms with E-state index in [0.717, 1.165) is 33.0 Å². The summed E-state index contributed by atoms with van der Waals surface area (Å²) >= 11 is 7.02. The third kappa shape index (κ3) is 2.51. The van der Waals surface area contributed by atoms with Crippen LogP contribution >= 0.6 is 31.9 Å². The van der Waals surface area contributed by atoms with E-state index < -0.39 is 0 Å². The zero-order valence-corrected chi connectivity index (χ0v) is 13.3. The Morgan fingerprint density at radius 2 is 2.00 bits per heavy atom. The second-order valence-electron chi connectivity index (χ2n) is 4.70. The minimum absolute atomic E-state index is 0.263. The number of hydrogen-bond acceptors (Lipinski definition) is 2. The number of benzene rings is 2. The smallest absolute Gasteiger partial charge is 0.119 e. The first-order chi connectivity index (χ1) is 9.15. The second kappa shape index (κ2) is 5.17. The maximum Gasteiger partial charge on any atom is 0.119 e. The molecule has 0 saturated carbocycles. The van der Waals surface area contributed by atoms with Crippen LogP contribution in [0.3, 0.4) is 0 Å². The van der Waals surface area contributed by atoms with Gasteiger partial charge < -0.3 is 10.4 Å². The molecule has 2 aromatic rings. The number of rotatable bonds is 2. The lowest BCUT2D eigenvalue weighted by molar-refractivity contribution is 0.469. The molecule has 0 aliphatic heterocycles. The Bertz CT molecular complexity index is 628. The fraction of sp³-hybridized carbons (Fsp3) is 0.200. The molecule has 0 saturated heterocycles. The van der Waals surface area contributed by atoms with Crippen molar-refractivity contribution < 1.29 is 5.11 Å². The number of phenols is 1. The molecular formula is C15H13Br2NO. The zero-order chi connectivity index (χ0) is 13.4. The molecule has 1 aliphatic carbocycles. The monoisotopic (exact) mass is 381 g/mol. The van der Waals surface area contributed by atoms with Gasteiger partial charge in [-0.05, 0) is 64.2 Å². The van der Waals surface area contributed by atoms with E-state index in [2.05, 4.69) is 49.3 Å². The Morgan fingerprint density at radius 3 is 2.79 bits per heavy atom. The first-order valence-corrected chi connectivity index (χ1v) is 7.76. The van der Waals surface area contributed by atoms with Gasteiger partial charge >= 0.3 is 0 Å². The Kier molecular flexibility index (Phi) is 3.54. The van der Waals surface area contributed by atoms with Crippen molar-refractivity contribution in [2.75, 3.05) is 5.32 Å². The third-order valence-corrected chi connectivity index (χ3v) is 4.66. The van der Waals surface area contributed by atoms with Crippen molar-refractivity contribution in [3.05, 3.63) is 56.5 Å². The average Bonchev–Trinajstić information content (AvgIpc) is 2.78. The minimum Gasteiger partial charge on any atom is -0.508 e. The first kappa shape index (κ1) is 13.0. The fourth-order valence-corrected chi connectivity index (χ4v) is 3.74. The molecule has 0 radical (unpaired) electrons. The lowest BCUT2D eigenvalue weighted by Crippen LogP contribution is -2.07. The summed E-state index contributed by atoms with van der Waals surface area (Å²) in [5, 5.41) is 13.4. The van der Waals surface area contributed by atoms with Gasteiger partial charge in [-0.25, -0.2) is 0 Å². The highest BCUT2D eigenvalue weighted by atomic mass is 79.9. The molecule has 0 spiro atoms. The predicted molar refractivity (Wildman–Crippen MR) is 84.6 cm³/mol. The second-order valence-corrected chi connectivity index (χ2v) is 6.47. The molecule has 0 aromatic heterocycles. The molecule has 2 N–H and O–H groups in total. The highest BCUT2D eigenvalue weighted by Crippen LogP contribution is 2.39. The van der Waals surface area contributed by atoms with Gasteiger partial charge in [-0.2, -0.15) is 0 Å². The number of hydrogen-bond donors (Lipinski definition) is 2. The highest BCUT2D eigenvalue weighted by Gasteiger charge is 2.24. The van der Waals surface area contributed by atoms with Gasteiger partial charge in [0.2, 0.25) is 0 Å². The van der Waals surface area contributed by atoms with Gasteiger partial charge in [0.05, 0.1) is 6.04 Å². The van der Waals surface area contributed by atoms with E-state index >= 15 is 0 Å². The molecule has 98 valence electrons. The van der Waals surface area contributed by atoms with Crippen molar-refractivity contribution in [3.8, 4) is 5.75 Å².